The fraction of sp³-hybridized carbons (Fsp3) is 0.222. The van der Waals surface area contributed by atoms with Gasteiger partial charge in [-0.15, -0.1) is 11.8 Å². The Morgan fingerprint density at radius 2 is 1.82 bits per heavy atom. The molecular weight excluding hydrogens is 294 g/mol. The quantitative estimate of drug-likeness (QED) is 0.609. The van der Waals surface area contributed by atoms with Crippen LogP contribution in [0, 0.1) is 0 Å². The summed E-state index contributed by atoms with van der Waals surface area (Å²) in [4.78, 5) is 24.6. The van der Waals surface area contributed by atoms with Crippen LogP contribution in [0.4, 0.5) is 5.69 Å². The fourth-order valence-electron chi connectivity index (χ4n) is 1.97. The maximum absolute atomic E-state index is 12.1. The molecule has 1 N–H and O–H groups in total. The molecule has 4 heteroatoms. The third-order valence-electron chi connectivity index (χ3n) is 3.06. The van der Waals surface area contributed by atoms with Crippen LogP contribution in [0.3, 0.4) is 0 Å². The Labute approximate surface area is 135 Å². The summed E-state index contributed by atoms with van der Waals surface area (Å²) in [5.41, 5.74) is 1.50. The van der Waals surface area contributed by atoms with Gasteiger partial charge in [0.15, 0.2) is 5.78 Å². The van der Waals surface area contributed by atoms with Crippen molar-refractivity contribution < 1.29 is 9.59 Å². The maximum atomic E-state index is 12.1. The van der Waals surface area contributed by atoms with Gasteiger partial charge in [-0.25, -0.2) is 0 Å². The molecule has 0 bridgehead atoms. The first-order valence-electron chi connectivity index (χ1n) is 7.30. The molecule has 0 unspecified atom stereocenters. The normalized spacial score (nSPS) is 10.2. The number of nitrogens with one attached hydrogen (secondary N) is 1. The molecule has 0 atom stereocenters. The molecule has 114 valence electrons. The minimum absolute atomic E-state index is 0.0185. The third kappa shape index (κ3) is 5.04. The molecule has 0 aromatic heterocycles. The Morgan fingerprint density at radius 3 is 2.55 bits per heavy atom. The van der Waals surface area contributed by atoms with Gasteiger partial charge >= 0.3 is 0 Å². The molecule has 2 rings (SSSR count). The highest BCUT2D eigenvalue weighted by Crippen LogP contribution is 2.22. The van der Waals surface area contributed by atoms with Crippen LogP contribution in [0.1, 0.15) is 30.1 Å². The van der Waals surface area contributed by atoms with E-state index in [0.29, 0.717) is 12.2 Å². The largest absolute Gasteiger partial charge is 0.326 e. The predicted molar refractivity (Wildman–Crippen MR) is 91.5 cm³/mol. The van der Waals surface area contributed by atoms with E-state index in [0.717, 1.165) is 22.6 Å². The summed E-state index contributed by atoms with van der Waals surface area (Å²) in [5, 5.41) is 2.87. The number of ketones is 1. The van der Waals surface area contributed by atoms with E-state index in [4.69, 9.17) is 0 Å². The Bertz CT molecular complexity index is 641. The molecule has 0 spiro atoms. The molecule has 1 amide bonds. The number of thioether (sulfide) groups is 1. The summed E-state index contributed by atoms with van der Waals surface area (Å²) in [5.74, 6) is 0.507. The molecule has 22 heavy (non-hydrogen) atoms. The number of Topliss-reactive ketones (excluding diaryl/α,β-unsaturated/α-hetero) is 1. The summed E-state index contributed by atoms with van der Waals surface area (Å²) in [6.07, 6.45) is 1.34. The van der Waals surface area contributed by atoms with Gasteiger partial charge in [-0.2, -0.15) is 0 Å². The van der Waals surface area contributed by atoms with Crippen LogP contribution in [0.2, 0.25) is 0 Å². The summed E-state index contributed by atoms with van der Waals surface area (Å²) >= 11 is 1.48. The molecule has 2 aromatic rings. The van der Waals surface area contributed by atoms with E-state index in [9.17, 15) is 9.59 Å². The lowest BCUT2D eigenvalue weighted by Gasteiger charge is -2.07. The highest BCUT2D eigenvalue weighted by molar-refractivity contribution is 8.00. The zero-order chi connectivity index (χ0) is 15.8. The molecule has 0 aliphatic carbocycles. The van der Waals surface area contributed by atoms with Crippen LogP contribution in [-0.4, -0.2) is 17.4 Å². The van der Waals surface area contributed by atoms with Gasteiger partial charge in [0.25, 0.3) is 0 Å². The van der Waals surface area contributed by atoms with Gasteiger partial charge in [0.05, 0.1) is 5.75 Å². The standard InChI is InChI=1S/C18H19NO2S/c1-2-7-18(21)19-15-10-6-11-16(12-15)22-13-17(20)14-8-4-3-5-9-14/h3-6,8-12H,2,7,13H2,1H3,(H,19,21). The van der Waals surface area contributed by atoms with Gasteiger partial charge in [0.2, 0.25) is 5.91 Å². The first-order valence-corrected chi connectivity index (χ1v) is 8.28. The van der Waals surface area contributed by atoms with Crippen molar-refractivity contribution in [2.45, 2.75) is 24.7 Å². The molecule has 0 saturated carbocycles. The Balaban J connectivity index is 1.93. The van der Waals surface area contributed by atoms with Crippen molar-refractivity contribution in [1.82, 2.24) is 0 Å². The van der Waals surface area contributed by atoms with E-state index in [1.54, 1.807) is 0 Å². The minimum atomic E-state index is 0.0185. The van der Waals surface area contributed by atoms with Gasteiger partial charge in [0.1, 0.15) is 0 Å². The van der Waals surface area contributed by atoms with E-state index in [2.05, 4.69) is 5.32 Å². The molecular formula is C18H19NO2S. The number of carbonyl (C=O) groups excluding carboxylic acids is 2. The van der Waals surface area contributed by atoms with Gasteiger partial charge in [0, 0.05) is 22.6 Å². The Hall–Kier alpha value is -2.07. The van der Waals surface area contributed by atoms with Crippen LogP contribution >= 0.6 is 11.8 Å². The molecule has 0 fully saturated rings. The second-order valence-corrected chi connectivity index (χ2v) is 5.95. The van der Waals surface area contributed by atoms with E-state index in [-0.39, 0.29) is 11.7 Å². The number of carbonyl (C=O) groups is 2. The lowest BCUT2D eigenvalue weighted by Crippen LogP contribution is -2.10. The summed E-state index contributed by atoms with van der Waals surface area (Å²) in [6, 6.07) is 16.9. The average molecular weight is 313 g/mol. The molecule has 3 nitrogen and oxygen atoms in total. The molecule has 0 aliphatic rings. The topological polar surface area (TPSA) is 46.2 Å². The van der Waals surface area contributed by atoms with Crippen molar-refractivity contribution in [2.24, 2.45) is 0 Å². The number of amides is 1. The average Bonchev–Trinajstić information content (AvgIpc) is 2.54. The van der Waals surface area contributed by atoms with E-state index in [1.165, 1.54) is 11.8 Å². The highest BCUT2D eigenvalue weighted by Gasteiger charge is 2.07. The van der Waals surface area contributed by atoms with Gasteiger partial charge in [-0.05, 0) is 24.6 Å². The maximum Gasteiger partial charge on any atom is 0.224 e. The molecule has 0 heterocycles. The second kappa shape index (κ2) is 8.39. The van der Waals surface area contributed by atoms with E-state index in [1.807, 2.05) is 61.5 Å². The van der Waals surface area contributed by atoms with Crippen molar-refractivity contribution >= 4 is 29.1 Å². The predicted octanol–water partition coefficient (Wildman–Crippen LogP) is 4.40. The summed E-state index contributed by atoms with van der Waals surface area (Å²) in [6.45, 7) is 1.97. The summed E-state index contributed by atoms with van der Waals surface area (Å²) < 4.78 is 0. The van der Waals surface area contributed by atoms with Crippen molar-refractivity contribution in [3.63, 3.8) is 0 Å². The van der Waals surface area contributed by atoms with Crippen LogP contribution in [-0.2, 0) is 4.79 Å². The van der Waals surface area contributed by atoms with Gasteiger partial charge < -0.3 is 5.32 Å². The summed E-state index contributed by atoms with van der Waals surface area (Å²) in [7, 11) is 0. The second-order valence-electron chi connectivity index (χ2n) is 4.90. The first-order chi connectivity index (χ1) is 10.7. The molecule has 0 aliphatic heterocycles. The van der Waals surface area contributed by atoms with Crippen LogP contribution in [0.25, 0.3) is 0 Å². The van der Waals surface area contributed by atoms with Gasteiger partial charge in [-0.3, -0.25) is 9.59 Å². The highest BCUT2D eigenvalue weighted by atomic mass is 32.2. The van der Waals surface area contributed by atoms with E-state index < -0.39 is 0 Å². The van der Waals surface area contributed by atoms with Crippen LogP contribution in [0.15, 0.2) is 59.5 Å². The van der Waals surface area contributed by atoms with Gasteiger partial charge in [-0.1, -0.05) is 43.3 Å². The number of hydrogen-bond acceptors (Lipinski definition) is 3. The number of benzene rings is 2. The Kier molecular flexibility index (Phi) is 6.22. The zero-order valence-corrected chi connectivity index (χ0v) is 13.4. The third-order valence-corrected chi connectivity index (χ3v) is 4.05. The van der Waals surface area contributed by atoms with Crippen LogP contribution in [0.5, 0.6) is 0 Å². The SMILES string of the molecule is CCCC(=O)Nc1cccc(SCC(=O)c2ccccc2)c1. The lowest BCUT2D eigenvalue weighted by molar-refractivity contribution is -0.116. The minimum Gasteiger partial charge on any atom is -0.326 e. The van der Waals surface area contributed by atoms with Crippen molar-refractivity contribution in [1.29, 1.82) is 0 Å². The Morgan fingerprint density at radius 1 is 1.05 bits per heavy atom. The molecule has 0 radical (unpaired) electrons. The number of hydrogen-bond donors (Lipinski definition) is 1. The van der Waals surface area contributed by atoms with Crippen molar-refractivity contribution in [3.8, 4) is 0 Å². The molecule has 2 aromatic carbocycles. The number of anilines is 1. The smallest absolute Gasteiger partial charge is 0.224 e. The molecule has 0 saturated heterocycles. The lowest BCUT2D eigenvalue weighted by atomic mass is 10.2. The zero-order valence-electron chi connectivity index (χ0n) is 12.5. The first kappa shape index (κ1) is 16.3. The van der Waals surface area contributed by atoms with E-state index >= 15 is 0 Å². The van der Waals surface area contributed by atoms with Crippen molar-refractivity contribution in [2.75, 3.05) is 11.1 Å². The fourth-order valence-corrected chi connectivity index (χ4v) is 2.82. The van der Waals surface area contributed by atoms with Crippen molar-refractivity contribution in [3.05, 3.63) is 60.2 Å². The number of rotatable bonds is 7. The monoisotopic (exact) mass is 313 g/mol. The van der Waals surface area contributed by atoms with Crippen LogP contribution < -0.4 is 5.32 Å².